The van der Waals surface area contributed by atoms with E-state index in [2.05, 4.69) is 15.5 Å². The van der Waals surface area contributed by atoms with Gasteiger partial charge in [-0.05, 0) is 50.9 Å². The summed E-state index contributed by atoms with van der Waals surface area (Å²) in [5.41, 5.74) is 0. The minimum Gasteiger partial charge on any atom is -0.316 e. The maximum Gasteiger partial charge on any atom is 0.0261 e. The molecule has 1 unspecified atom stereocenters. The number of nitrogens with zero attached hydrogens (tertiary/aromatic N) is 1. The second kappa shape index (κ2) is 3.80. The quantitative estimate of drug-likeness (QED) is 0.644. The van der Waals surface area contributed by atoms with Crippen molar-refractivity contribution in [3.8, 4) is 0 Å². The van der Waals surface area contributed by atoms with Crippen LogP contribution >= 0.6 is 0 Å². The van der Waals surface area contributed by atoms with Crippen LogP contribution in [0.3, 0.4) is 0 Å². The van der Waals surface area contributed by atoms with E-state index in [0.717, 1.165) is 17.9 Å². The molecule has 2 N–H and O–H groups in total. The normalized spacial score (nSPS) is 43.3. The summed E-state index contributed by atoms with van der Waals surface area (Å²) in [6, 6.07) is 0.871. The van der Waals surface area contributed by atoms with Gasteiger partial charge in [0.2, 0.25) is 0 Å². The molecule has 0 aromatic rings. The summed E-state index contributed by atoms with van der Waals surface area (Å²) in [7, 11) is 0. The minimum absolute atomic E-state index is 0.871. The van der Waals surface area contributed by atoms with Crippen molar-refractivity contribution in [1.82, 2.24) is 15.5 Å². The fourth-order valence-corrected chi connectivity index (χ4v) is 3.37. The van der Waals surface area contributed by atoms with Gasteiger partial charge in [0.05, 0.1) is 0 Å². The molecule has 3 aliphatic rings. The summed E-state index contributed by atoms with van der Waals surface area (Å²) >= 11 is 0. The van der Waals surface area contributed by atoms with Crippen LogP contribution in [0.15, 0.2) is 0 Å². The number of fused-ring (bicyclic) bond motifs is 1. The zero-order chi connectivity index (χ0) is 9.38. The molecule has 0 bridgehead atoms. The average molecular weight is 195 g/mol. The molecular formula is C11H21N3. The van der Waals surface area contributed by atoms with E-state index in [9.17, 15) is 0 Å². The SMILES string of the molecule is C1CC(CN2CC[C@H]3CNC[C@H]32)CN1. The highest BCUT2D eigenvalue weighted by molar-refractivity contribution is 4.95. The summed E-state index contributed by atoms with van der Waals surface area (Å²) in [6.45, 7) is 7.70. The summed E-state index contributed by atoms with van der Waals surface area (Å²) in [4.78, 5) is 2.74. The summed E-state index contributed by atoms with van der Waals surface area (Å²) in [5, 5.41) is 6.99. The Balaban J connectivity index is 1.57. The van der Waals surface area contributed by atoms with Crippen LogP contribution in [-0.4, -0.2) is 50.2 Å². The topological polar surface area (TPSA) is 27.3 Å². The Morgan fingerprint density at radius 3 is 2.93 bits per heavy atom. The summed E-state index contributed by atoms with van der Waals surface area (Å²) in [6.07, 6.45) is 2.82. The number of rotatable bonds is 2. The Morgan fingerprint density at radius 2 is 2.07 bits per heavy atom. The van der Waals surface area contributed by atoms with Crippen molar-refractivity contribution in [3.63, 3.8) is 0 Å². The smallest absolute Gasteiger partial charge is 0.0261 e. The first-order valence-corrected chi connectivity index (χ1v) is 6.09. The van der Waals surface area contributed by atoms with Gasteiger partial charge in [-0.25, -0.2) is 0 Å². The highest BCUT2D eigenvalue weighted by atomic mass is 15.2. The van der Waals surface area contributed by atoms with Crippen LogP contribution in [0, 0.1) is 11.8 Å². The third-order valence-electron chi connectivity index (χ3n) is 4.22. The molecule has 3 heterocycles. The molecule has 0 aliphatic carbocycles. The largest absolute Gasteiger partial charge is 0.316 e. The predicted octanol–water partition coefficient (Wildman–Crippen LogP) is -0.110. The maximum atomic E-state index is 3.52. The second-order valence-electron chi connectivity index (χ2n) is 5.13. The van der Waals surface area contributed by atoms with Gasteiger partial charge in [-0.15, -0.1) is 0 Å². The van der Waals surface area contributed by atoms with Crippen molar-refractivity contribution in [3.05, 3.63) is 0 Å². The Hall–Kier alpha value is -0.120. The lowest BCUT2D eigenvalue weighted by Gasteiger charge is -2.25. The fourth-order valence-electron chi connectivity index (χ4n) is 3.37. The van der Waals surface area contributed by atoms with Crippen LogP contribution in [-0.2, 0) is 0 Å². The van der Waals surface area contributed by atoms with Gasteiger partial charge in [0.15, 0.2) is 0 Å². The monoisotopic (exact) mass is 195 g/mol. The third-order valence-corrected chi connectivity index (χ3v) is 4.22. The van der Waals surface area contributed by atoms with Crippen molar-refractivity contribution in [2.24, 2.45) is 11.8 Å². The van der Waals surface area contributed by atoms with Crippen LogP contribution in [0.2, 0.25) is 0 Å². The Bertz CT molecular complexity index is 201. The molecule has 0 amide bonds. The summed E-state index contributed by atoms with van der Waals surface area (Å²) < 4.78 is 0. The highest BCUT2D eigenvalue weighted by Crippen LogP contribution is 2.28. The van der Waals surface area contributed by atoms with E-state index in [-0.39, 0.29) is 0 Å². The van der Waals surface area contributed by atoms with Crippen LogP contribution in [0.4, 0.5) is 0 Å². The van der Waals surface area contributed by atoms with Gasteiger partial charge in [0, 0.05) is 19.1 Å². The van der Waals surface area contributed by atoms with Crippen LogP contribution in [0.5, 0.6) is 0 Å². The molecule has 0 aromatic carbocycles. The average Bonchev–Trinajstić information content (AvgIpc) is 2.85. The maximum absolute atomic E-state index is 3.52. The molecule has 3 heteroatoms. The Labute approximate surface area is 86.2 Å². The first-order valence-electron chi connectivity index (χ1n) is 6.09. The standard InChI is InChI=1S/C11H21N3/c1-3-12-5-9(1)8-14-4-2-10-6-13-7-11(10)14/h9-13H,1-8H2/t9?,10-,11+/m0/s1. The molecule has 0 spiro atoms. The molecule has 0 aromatic heterocycles. The number of hydrogen-bond acceptors (Lipinski definition) is 3. The number of likely N-dealkylation sites (tertiary alicyclic amines) is 1. The predicted molar refractivity (Wildman–Crippen MR) is 57.3 cm³/mol. The molecule has 3 atom stereocenters. The molecule has 0 radical (unpaired) electrons. The van der Waals surface area contributed by atoms with Gasteiger partial charge in [0.1, 0.15) is 0 Å². The van der Waals surface area contributed by atoms with Crippen molar-refractivity contribution >= 4 is 0 Å². The molecule has 80 valence electrons. The van der Waals surface area contributed by atoms with Crippen LogP contribution in [0.25, 0.3) is 0 Å². The fraction of sp³-hybridized carbons (Fsp3) is 1.00. The Morgan fingerprint density at radius 1 is 1.07 bits per heavy atom. The van der Waals surface area contributed by atoms with Crippen molar-refractivity contribution in [2.75, 3.05) is 39.3 Å². The molecule has 0 saturated carbocycles. The molecule has 3 saturated heterocycles. The van der Waals surface area contributed by atoms with Gasteiger partial charge in [0.25, 0.3) is 0 Å². The van der Waals surface area contributed by atoms with Gasteiger partial charge in [-0.1, -0.05) is 0 Å². The van der Waals surface area contributed by atoms with Gasteiger partial charge < -0.3 is 10.6 Å². The van der Waals surface area contributed by atoms with E-state index < -0.39 is 0 Å². The van der Waals surface area contributed by atoms with E-state index in [1.54, 1.807) is 0 Å². The van der Waals surface area contributed by atoms with Crippen LogP contribution < -0.4 is 10.6 Å². The first kappa shape index (κ1) is 9.13. The van der Waals surface area contributed by atoms with E-state index in [0.29, 0.717) is 0 Å². The first-order chi connectivity index (χ1) is 6.93. The zero-order valence-corrected chi connectivity index (χ0v) is 8.84. The molecular weight excluding hydrogens is 174 g/mol. The molecule has 3 nitrogen and oxygen atoms in total. The van der Waals surface area contributed by atoms with Gasteiger partial charge in [-0.3, -0.25) is 4.90 Å². The van der Waals surface area contributed by atoms with Crippen molar-refractivity contribution in [2.45, 2.75) is 18.9 Å². The van der Waals surface area contributed by atoms with E-state index >= 15 is 0 Å². The van der Waals surface area contributed by atoms with Gasteiger partial charge in [-0.2, -0.15) is 0 Å². The lowest BCUT2D eigenvalue weighted by molar-refractivity contribution is 0.219. The van der Waals surface area contributed by atoms with E-state index in [1.165, 1.54) is 52.1 Å². The highest BCUT2D eigenvalue weighted by Gasteiger charge is 2.38. The number of hydrogen-bond donors (Lipinski definition) is 2. The van der Waals surface area contributed by atoms with Crippen LogP contribution in [0.1, 0.15) is 12.8 Å². The lowest BCUT2D eigenvalue weighted by atomic mass is 10.0. The van der Waals surface area contributed by atoms with E-state index in [1.807, 2.05) is 0 Å². The molecule has 3 rings (SSSR count). The number of nitrogens with one attached hydrogen (secondary N) is 2. The summed E-state index contributed by atoms with van der Waals surface area (Å²) in [5.74, 6) is 1.89. The van der Waals surface area contributed by atoms with Crippen molar-refractivity contribution in [1.29, 1.82) is 0 Å². The van der Waals surface area contributed by atoms with Gasteiger partial charge >= 0.3 is 0 Å². The van der Waals surface area contributed by atoms with Crippen molar-refractivity contribution < 1.29 is 0 Å². The molecule has 3 fully saturated rings. The molecule has 3 aliphatic heterocycles. The lowest BCUT2D eigenvalue weighted by Crippen LogP contribution is -2.38. The third kappa shape index (κ3) is 1.58. The second-order valence-corrected chi connectivity index (χ2v) is 5.13. The van der Waals surface area contributed by atoms with E-state index in [4.69, 9.17) is 0 Å². The minimum atomic E-state index is 0.871. The Kier molecular flexibility index (Phi) is 2.48. The molecule has 14 heavy (non-hydrogen) atoms. The zero-order valence-electron chi connectivity index (χ0n) is 8.84.